The molecule has 0 radical (unpaired) electrons. The smallest absolute Gasteiger partial charge is 0.858 e. The number of nitrogens with zero attached hydrogens (tertiary/aromatic N) is 2. The van der Waals surface area contributed by atoms with Crippen LogP contribution in [0.3, 0.4) is 0 Å². The van der Waals surface area contributed by atoms with Gasteiger partial charge in [0, 0.05) is 0 Å². The van der Waals surface area contributed by atoms with Gasteiger partial charge < -0.3 is 18.1 Å². The van der Waals surface area contributed by atoms with Crippen LogP contribution in [-0.2, 0) is 0 Å². The van der Waals surface area contributed by atoms with Gasteiger partial charge in [0.25, 0.3) is 0 Å². The van der Waals surface area contributed by atoms with Crippen LogP contribution in [0, 0.1) is 0 Å². The molecule has 0 aliphatic carbocycles. The van der Waals surface area contributed by atoms with Gasteiger partial charge in [-0.15, -0.1) is 0 Å². The van der Waals surface area contributed by atoms with E-state index in [4.69, 9.17) is 0 Å². The third-order valence-electron chi connectivity index (χ3n) is 4.89. The summed E-state index contributed by atoms with van der Waals surface area (Å²) in [7, 11) is -4.77. The Kier molecular flexibility index (Phi) is 7.34. The molecule has 4 nitrogen and oxygen atoms in total. The van der Waals surface area contributed by atoms with E-state index in [1.807, 2.05) is 26.2 Å². The van der Waals surface area contributed by atoms with Crippen LogP contribution in [0.1, 0.15) is 0 Å². The summed E-state index contributed by atoms with van der Waals surface area (Å²) < 4.78 is 4.64. The van der Waals surface area contributed by atoms with Gasteiger partial charge in [-0.1, -0.05) is 26.2 Å². The van der Waals surface area contributed by atoms with Crippen molar-refractivity contribution in [3.05, 3.63) is 0 Å². The Morgan fingerprint density at radius 3 is 1.00 bits per heavy atom. The average Bonchev–Trinajstić information content (AvgIpc) is 2.10. The Labute approximate surface area is 140 Å². The Bertz CT molecular complexity index is 270. The van der Waals surface area contributed by atoms with Crippen molar-refractivity contribution in [2.75, 3.05) is 14.1 Å². The molecule has 0 spiro atoms. The Morgan fingerprint density at radius 1 is 0.722 bits per heavy atom. The maximum absolute atomic E-state index is 12.5. The predicted molar refractivity (Wildman–Crippen MR) is 73.7 cm³/mol. The molecule has 1 saturated heterocycles. The molecule has 18 heavy (non-hydrogen) atoms. The van der Waals surface area contributed by atoms with Gasteiger partial charge in [-0.3, -0.25) is 0 Å². The van der Waals surface area contributed by atoms with Gasteiger partial charge >= 0.3 is 37.7 Å². The van der Waals surface area contributed by atoms with E-state index in [2.05, 4.69) is 35.7 Å². The van der Waals surface area contributed by atoms with E-state index in [1.54, 1.807) is 0 Å². The van der Waals surface area contributed by atoms with Crippen molar-refractivity contribution in [3.63, 3.8) is 0 Å². The van der Waals surface area contributed by atoms with E-state index < -0.39 is 31.5 Å². The molecule has 1 heterocycles. The zero-order chi connectivity index (χ0) is 13.2. The second kappa shape index (κ2) is 5.95. The molecule has 0 saturated carbocycles. The maximum Gasteiger partial charge on any atom is 1.00 e. The molecule has 0 amide bonds. The molecule has 1 rings (SSSR count). The van der Waals surface area contributed by atoms with Crippen LogP contribution < -0.4 is 47.3 Å². The molecular weight excluding hydrogens is 282 g/mol. The molecule has 10 heteroatoms. The van der Waals surface area contributed by atoms with Gasteiger partial charge in [0.15, 0.2) is 15.8 Å². The summed E-state index contributed by atoms with van der Waals surface area (Å²) in [5, 5.41) is 0. The predicted octanol–water partition coefficient (Wildman–Crippen LogP) is -6.70. The van der Waals surface area contributed by atoms with Gasteiger partial charge in [0.05, 0.1) is 0 Å². The fourth-order valence-electron chi connectivity index (χ4n) is 2.87. The van der Waals surface area contributed by atoms with Gasteiger partial charge in [-0.05, 0) is 42.9 Å². The van der Waals surface area contributed by atoms with Crippen molar-refractivity contribution in [2.24, 2.45) is 0 Å². The molecular formula is C8H24Li2N2O2Si4. The van der Waals surface area contributed by atoms with Crippen LogP contribution in [-0.4, -0.2) is 54.1 Å². The topological polar surface area (TPSA) is 52.6 Å². The maximum atomic E-state index is 12.5. The van der Waals surface area contributed by atoms with E-state index in [0.717, 1.165) is 0 Å². The Morgan fingerprint density at radius 2 is 0.889 bits per heavy atom. The summed E-state index contributed by atoms with van der Waals surface area (Å²) in [5.41, 5.74) is 0. The van der Waals surface area contributed by atoms with Gasteiger partial charge in [-0.2, -0.15) is 0 Å². The minimum atomic E-state index is -2.43. The second-order valence-electron chi connectivity index (χ2n) is 6.18. The van der Waals surface area contributed by atoms with Crippen LogP contribution in [0.25, 0.3) is 0 Å². The first-order valence-corrected chi connectivity index (χ1v) is 18.3. The van der Waals surface area contributed by atoms with Crippen molar-refractivity contribution in [3.8, 4) is 0 Å². The summed E-state index contributed by atoms with van der Waals surface area (Å²) in [6.45, 7) is 11.9. The monoisotopic (exact) mass is 306 g/mol. The quantitative estimate of drug-likeness (QED) is 0.476. The van der Waals surface area contributed by atoms with Crippen molar-refractivity contribution in [2.45, 2.75) is 39.3 Å². The molecule has 1 aliphatic rings. The molecule has 0 N–H and O–H groups in total. The normalized spacial score (nSPS) is 34.3. The van der Waals surface area contributed by atoms with Crippen LogP contribution in [0.4, 0.5) is 0 Å². The van der Waals surface area contributed by atoms with E-state index in [9.17, 15) is 9.59 Å². The molecule has 1 aliphatic heterocycles. The van der Waals surface area contributed by atoms with E-state index in [0.29, 0.717) is 0 Å². The van der Waals surface area contributed by atoms with Crippen molar-refractivity contribution < 1.29 is 47.3 Å². The third-order valence-corrected chi connectivity index (χ3v) is 40.3. The minimum Gasteiger partial charge on any atom is -0.858 e. The van der Waals surface area contributed by atoms with Crippen molar-refractivity contribution in [1.29, 1.82) is 0 Å². The molecule has 0 unspecified atom stereocenters. The average molecular weight is 307 g/mol. The van der Waals surface area contributed by atoms with Crippen LogP contribution in [0.15, 0.2) is 0 Å². The fourth-order valence-corrected chi connectivity index (χ4v) is 44.2. The van der Waals surface area contributed by atoms with E-state index in [-0.39, 0.29) is 37.7 Å². The Balaban J connectivity index is 0. The van der Waals surface area contributed by atoms with Gasteiger partial charge in [-0.25, -0.2) is 0 Å². The summed E-state index contributed by atoms with van der Waals surface area (Å²) in [5.74, 6) is 0. The van der Waals surface area contributed by atoms with Crippen molar-refractivity contribution >= 4 is 31.5 Å². The third kappa shape index (κ3) is 2.65. The summed E-state index contributed by atoms with van der Waals surface area (Å²) >= 11 is 0. The SMILES string of the molecule is CN1[Si](C)([Si](C)(C)[O-])N(C)[Si]1(C)[Si](C)(C)[O-].[Li+].[Li+]. The zero-order valence-electron chi connectivity index (χ0n) is 13.7. The fraction of sp³-hybridized carbons (Fsp3) is 1.00. The van der Waals surface area contributed by atoms with E-state index >= 15 is 0 Å². The summed E-state index contributed by atoms with van der Waals surface area (Å²) in [6, 6.07) is 0. The largest absolute Gasteiger partial charge is 1.00 e. The molecule has 1 fully saturated rings. The second-order valence-corrected chi connectivity index (χ2v) is 32.8. The summed E-state index contributed by atoms with van der Waals surface area (Å²) in [4.78, 5) is 25.0. The molecule has 0 aromatic rings. The first-order chi connectivity index (χ1) is 6.81. The molecule has 0 aromatic carbocycles. The standard InChI is InChI=1S/C8H24N2O2Si4.2Li/c1-9-15(7,13(3,4)11)10(2)16(9,8)14(5,6)12;;/h1-8H3;;/q-2;2*+1. The first kappa shape index (κ1) is 22.2. The molecule has 0 atom stereocenters. The molecule has 0 bridgehead atoms. The van der Waals surface area contributed by atoms with E-state index in [1.165, 1.54) is 0 Å². The minimum absolute atomic E-state index is 0. The zero-order valence-corrected chi connectivity index (χ0v) is 17.7. The first-order valence-electron chi connectivity index (χ1n) is 5.70. The molecule has 0 aromatic heterocycles. The number of rotatable bonds is 2. The van der Waals surface area contributed by atoms with Crippen LogP contribution >= 0.6 is 0 Å². The van der Waals surface area contributed by atoms with Gasteiger partial charge in [0.1, 0.15) is 0 Å². The van der Waals surface area contributed by atoms with Gasteiger partial charge in [0.2, 0.25) is 0 Å². The number of hydrogen-bond donors (Lipinski definition) is 0. The number of hydrogen-bond acceptors (Lipinski definition) is 4. The summed E-state index contributed by atoms with van der Waals surface area (Å²) in [6.07, 6.45) is 0. The van der Waals surface area contributed by atoms with Crippen molar-refractivity contribution in [1.82, 2.24) is 8.46 Å². The Hall–Kier alpha value is 1.90. The van der Waals surface area contributed by atoms with Crippen LogP contribution in [0.5, 0.6) is 0 Å². The van der Waals surface area contributed by atoms with Crippen LogP contribution in [0.2, 0.25) is 39.3 Å². The molecule has 96 valence electrons.